The molecule has 0 aliphatic heterocycles. The second kappa shape index (κ2) is 17.0. The fourth-order valence-corrected chi connectivity index (χ4v) is 4.20. The predicted octanol–water partition coefficient (Wildman–Crippen LogP) is 2.45. The number of hydrogen-bond donors (Lipinski definition) is 7. The average Bonchev–Trinajstić information content (AvgIpc) is 3.00. The van der Waals surface area contributed by atoms with Crippen LogP contribution in [0.3, 0.4) is 0 Å². The van der Waals surface area contributed by atoms with Crippen molar-refractivity contribution in [2.75, 3.05) is 11.9 Å². The Bertz CT molecular complexity index is 1340. The number of aliphatic hydroxyl groups is 1. The Morgan fingerprint density at radius 1 is 0.884 bits per heavy atom. The first kappa shape index (κ1) is 32.4. The van der Waals surface area contributed by atoms with Crippen LogP contribution >= 0.6 is 0 Å². The van der Waals surface area contributed by atoms with Crippen LogP contribution in [0, 0.1) is 0 Å². The van der Waals surface area contributed by atoms with Crippen molar-refractivity contribution in [1.29, 1.82) is 0 Å². The van der Waals surface area contributed by atoms with Gasteiger partial charge >= 0.3 is 12.1 Å². The fraction of sp³-hybridized carbons (Fsp3) is 0.258. The minimum Gasteiger partial charge on any atom is -0.445 e. The number of carbonyl (C=O) groups excluding carboxylic acids is 3. The normalized spacial score (nSPS) is 12.5. The molecule has 4 amide bonds. The Hall–Kier alpha value is -5.07. The minimum atomic E-state index is -0.895. The lowest BCUT2D eigenvalue weighted by molar-refractivity contribution is -0.120. The molecule has 3 aromatic rings. The van der Waals surface area contributed by atoms with Gasteiger partial charge in [-0.25, -0.2) is 15.4 Å². The number of rotatable bonds is 15. The number of benzene rings is 3. The molecule has 0 saturated heterocycles. The van der Waals surface area contributed by atoms with Crippen LogP contribution in [-0.2, 0) is 29.2 Å². The van der Waals surface area contributed by atoms with Gasteiger partial charge in [0.1, 0.15) is 12.6 Å². The molecule has 2 unspecified atom stereocenters. The van der Waals surface area contributed by atoms with Crippen LogP contribution in [0.25, 0.3) is 0 Å². The zero-order valence-electron chi connectivity index (χ0n) is 23.8. The summed E-state index contributed by atoms with van der Waals surface area (Å²) in [4.78, 5) is 37.2. The molecule has 228 valence electrons. The van der Waals surface area contributed by atoms with Crippen molar-refractivity contribution in [2.45, 2.75) is 44.6 Å². The highest BCUT2D eigenvalue weighted by Gasteiger charge is 2.24. The van der Waals surface area contributed by atoms with Gasteiger partial charge in [-0.15, -0.1) is 0 Å². The number of ether oxygens (including phenoxy) is 1. The lowest BCUT2D eigenvalue weighted by Gasteiger charge is -2.28. The summed E-state index contributed by atoms with van der Waals surface area (Å²) in [6.07, 6.45) is 1.73. The second-order valence-electron chi connectivity index (χ2n) is 9.82. The minimum absolute atomic E-state index is 0.0816. The number of alkyl carbamates (subject to hydrolysis) is 1. The largest absolute Gasteiger partial charge is 0.445 e. The first-order valence-corrected chi connectivity index (χ1v) is 13.8. The van der Waals surface area contributed by atoms with Gasteiger partial charge in [0.2, 0.25) is 5.91 Å². The average molecular weight is 590 g/mol. The number of nitrogens with one attached hydrogen (secondary N) is 3. The Labute approximate surface area is 250 Å². The lowest BCUT2D eigenvalue weighted by Crippen LogP contribution is -2.47. The van der Waals surface area contributed by atoms with Crippen molar-refractivity contribution in [3.63, 3.8) is 0 Å². The molecule has 12 nitrogen and oxygen atoms in total. The van der Waals surface area contributed by atoms with Crippen molar-refractivity contribution in [2.24, 2.45) is 17.3 Å². The molecular formula is C31H39N7O5. The molecule has 0 aliphatic rings. The molecule has 2 atom stereocenters. The molecule has 0 spiro atoms. The van der Waals surface area contributed by atoms with E-state index in [1.54, 1.807) is 24.3 Å². The molecular weight excluding hydrogens is 550 g/mol. The summed E-state index contributed by atoms with van der Waals surface area (Å²) >= 11 is 0. The highest BCUT2D eigenvalue weighted by molar-refractivity contribution is 5.94. The van der Waals surface area contributed by atoms with Crippen molar-refractivity contribution < 1.29 is 24.2 Å². The third-order valence-electron chi connectivity index (χ3n) is 6.51. The van der Waals surface area contributed by atoms with E-state index in [1.165, 1.54) is 11.2 Å². The number of hydrazine groups is 1. The standard InChI is InChI=1S/C31H39N7O5/c32-26(27(18-22-8-3-1-4-9-22)37-31(42)43-21-24-10-5-2-6-11-24)19-38(34)28(12-7-17-35-30(33)41)29(40)36-25-15-13-23(20-39)14-16-25/h1-6,8-11,13-16,19,27-28,39H,7,12,17-18,20-21,32,34H2,(H,36,40)(H,37,42)(H3,33,35,41)/b26-19-. The van der Waals surface area contributed by atoms with Gasteiger partial charge in [-0.05, 0) is 48.1 Å². The Kier molecular flexibility index (Phi) is 12.8. The molecule has 43 heavy (non-hydrogen) atoms. The maximum atomic E-state index is 13.3. The van der Waals surface area contributed by atoms with Gasteiger partial charge in [0.05, 0.1) is 12.6 Å². The van der Waals surface area contributed by atoms with Crippen LogP contribution in [0.2, 0.25) is 0 Å². The Balaban J connectivity index is 1.77. The number of anilines is 1. The molecule has 0 aliphatic carbocycles. The van der Waals surface area contributed by atoms with Gasteiger partial charge in [0.25, 0.3) is 0 Å². The summed E-state index contributed by atoms with van der Waals surface area (Å²) in [6.45, 7) is 0.198. The van der Waals surface area contributed by atoms with E-state index < -0.39 is 30.1 Å². The summed E-state index contributed by atoms with van der Waals surface area (Å²) in [5, 5.41) is 18.6. The fourth-order valence-electron chi connectivity index (χ4n) is 4.20. The lowest BCUT2D eigenvalue weighted by atomic mass is 10.0. The Morgan fingerprint density at radius 2 is 1.51 bits per heavy atom. The number of primary amides is 1. The summed E-state index contributed by atoms with van der Waals surface area (Å²) < 4.78 is 5.40. The molecule has 0 aromatic heterocycles. The number of nitrogens with zero attached hydrogens (tertiary/aromatic N) is 1. The van der Waals surface area contributed by atoms with Crippen molar-refractivity contribution in [3.05, 3.63) is 114 Å². The van der Waals surface area contributed by atoms with Crippen molar-refractivity contribution in [1.82, 2.24) is 15.6 Å². The van der Waals surface area contributed by atoms with Gasteiger partial charge in [0, 0.05) is 24.1 Å². The highest BCUT2D eigenvalue weighted by atomic mass is 16.5. The quantitative estimate of drug-likeness (QED) is 0.0796. The van der Waals surface area contributed by atoms with Crippen LogP contribution in [0.5, 0.6) is 0 Å². The van der Waals surface area contributed by atoms with Crippen LogP contribution < -0.4 is 33.3 Å². The molecule has 0 saturated carbocycles. The molecule has 0 heterocycles. The molecule has 0 radical (unpaired) electrons. The number of amides is 4. The number of urea groups is 1. The highest BCUT2D eigenvalue weighted by Crippen LogP contribution is 2.15. The first-order valence-electron chi connectivity index (χ1n) is 13.8. The van der Waals surface area contributed by atoms with Gasteiger partial charge in [-0.3, -0.25) is 4.79 Å². The monoisotopic (exact) mass is 589 g/mol. The van der Waals surface area contributed by atoms with Gasteiger partial charge in [-0.1, -0.05) is 72.8 Å². The van der Waals surface area contributed by atoms with E-state index in [-0.39, 0.29) is 31.9 Å². The zero-order valence-corrected chi connectivity index (χ0v) is 23.8. The summed E-state index contributed by atoms with van der Waals surface area (Å²) in [5.74, 6) is 5.97. The molecule has 10 N–H and O–H groups in total. The van der Waals surface area contributed by atoms with Crippen LogP contribution in [-0.4, -0.2) is 46.8 Å². The molecule has 12 heteroatoms. The predicted molar refractivity (Wildman–Crippen MR) is 164 cm³/mol. The topological polar surface area (TPSA) is 198 Å². The van der Waals surface area contributed by atoms with Gasteiger partial charge in [-0.2, -0.15) is 0 Å². The summed E-state index contributed by atoms with van der Waals surface area (Å²) in [5.41, 5.74) is 14.8. The maximum absolute atomic E-state index is 13.3. The van der Waals surface area contributed by atoms with E-state index in [0.717, 1.165) is 11.1 Å². The number of nitrogens with two attached hydrogens (primary N) is 3. The third kappa shape index (κ3) is 11.4. The zero-order chi connectivity index (χ0) is 31.0. The second-order valence-corrected chi connectivity index (χ2v) is 9.82. The Morgan fingerprint density at radius 3 is 2.12 bits per heavy atom. The van der Waals surface area contributed by atoms with Gasteiger partial charge < -0.3 is 42.3 Å². The van der Waals surface area contributed by atoms with E-state index in [2.05, 4.69) is 16.0 Å². The van der Waals surface area contributed by atoms with Crippen molar-refractivity contribution >= 4 is 23.7 Å². The SMILES string of the molecule is NC(=O)NCCCC(C(=O)Nc1ccc(CO)cc1)N(N)/C=C(\N)C(Cc1ccccc1)NC(=O)OCc1ccccc1. The van der Waals surface area contributed by atoms with E-state index >= 15 is 0 Å². The number of hydrogen-bond acceptors (Lipinski definition) is 8. The smallest absolute Gasteiger partial charge is 0.408 e. The van der Waals surface area contributed by atoms with Crippen LogP contribution in [0.15, 0.2) is 96.8 Å². The van der Waals surface area contributed by atoms with E-state index in [1.807, 2.05) is 60.7 Å². The van der Waals surface area contributed by atoms with E-state index in [0.29, 0.717) is 24.1 Å². The summed E-state index contributed by atoms with van der Waals surface area (Å²) in [6, 6.07) is 23.2. The van der Waals surface area contributed by atoms with Crippen molar-refractivity contribution in [3.8, 4) is 0 Å². The van der Waals surface area contributed by atoms with Crippen LogP contribution in [0.1, 0.15) is 29.5 Å². The summed E-state index contributed by atoms with van der Waals surface area (Å²) in [7, 11) is 0. The first-order chi connectivity index (χ1) is 20.7. The number of carbonyl (C=O) groups is 3. The molecule has 3 aromatic carbocycles. The van der Waals surface area contributed by atoms with Gasteiger partial charge in [0.15, 0.2) is 0 Å². The molecule has 0 fully saturated rings. The third-order valence-corrected chi connectivity index (χ3v) is 6.51. The molecule has 0 bridgehead atoms. The van der Waals surface area contributed by atoms with E-state index in [4.69, 9.17) is 22.0 Å². The molecule has 3 rings (SSSR count). The van der Waals surface area contributed by atoms with Crippen LogP contribution in [0.4, 0.5) is 15.3 Å². The van der Waals surface area contributed by atoms with E-state index in [9.17, 15) is 19.5 Å². The maximum Gasteiger partial charge on any atom is 0.408 e. The number of aliphatic hydroxyl groups excluding tert-OH is 1.